The van der Waals surface area contributed by atoms with Crippen molar-refractivity contribution in [1.82, 2.24) is 5.32 Å². The molecule has 1 aromatic rings. The second-order valence-electron chi connectivity index (χ2n) is 4.89. The van der Waals surface area contributed by atoms with Gasteiger partial charge in [0.2, 0.25) is 0 Å². The fourth-order valence-electron chi connectivity index (χ4n) is 1.44. The average molecular weight is 279 g/mol. The first-order valence-corrected chi connectivity index (χ1v) is 6.25. The van der Waals surface area contributed by atoms with Gasteiger partial charge < -0.3 is 14.5 Å². The van der Waals surface area contributed by atoms with Crippen molar-refractivity contribution in [3.05, 3.63) is 23.7 Å². The van der Waals surface area contributed by atoms with Crippen molar-refractivity contribution in [3.63, 3.8) is 0 Å². The number of ether oxygens (including phenoxy) is 1. The van der Waals surface area contributed by atoms with Crippen LogP contribution < -0.4 is 5.32 Å². The van der Waals surface area contributed by atoms with E-state index in [1.807, 2.05) is 0 Å². The van der Waals surface area contributed by atoms with Gasteiger partial charge in [-0.3, -0.25) is 0 Å². The molecule has 0 fully saturated rings. The number of furan rings is 1. The van der Waals surface area contributed by atoms with Crippen molar-refractivity contribution < 1.29 is 22.3 Å². The highest BCUT2D eigenvalue weighted by molar-refractivity contribution is 5.16. The van der Waals surface area contributed by atoms with Crippen molar-refractivity contribution in [2.24, 2.45) is 5.92 Å². The highest BCUT2D eigenvalue weighted by Crippen LogP contribution is 2.24. The summed E-state index contributed by atoms with van der Waals surface area (Å²) in [6.07, 6.45) is -4.68. The Morgan fingerprint density at radius 3 is 2.58 bits per heavy atom. The smallest absolute Gasteiger partial charge is 0.414 e. The third kappa shape index (κ3) is 5.65. The predicted molar refractivity (Wildman–Crippen MR) is 65.6 cm³/mol. The molecule has 0 saturated heterocycles. The molecule has 0 aliphatic rings. The Labute approximate surface area is 111 Å². The number of rotatable bonds is 7. The first-order valence-electron chi connectivity index (χ1n) is 6.25. The van der Waals surface area contributed by atoms with E-state index in [1.165, 1.54) is 6.26 Å². The summed E-state index contributed by atoms with van der Waals surface area (Å²) in [6.45, 7) is 6.37. The first-order chi connectivity index (χ1) is 8.80. The molecule has 1 aromatic heterocycles. The van der Waals surface area contributed by atoms with Gasteiger partial charge in [-0.2, -0.15) is 13.2 Å². The summed E-state index contributed by atoms with van der Waals surface area (Å²) in [4.78, 5) is 0. The highest BCUT2D eigenvalue weighted by atomic mass is 19.4. The number of nitrogens with one attached hydrogen (secondary N) is 1. The molecule has 1 rings (SSSR count). The molecular formula is C13H20F3NO2. The fraction of sp³-hybridized carbons (Fsp3) is 0.692. The van der Waals surface area contributed by atoms with E-state index in [9.17, 15) is 13.2 Å². The molecule has 1 unspecified atom stereocenters. The van der Waals surface area contributed by atoms with E-state index in [4.69, 9.17) is 9.15 Å². The molecule has 110 valence electrons. The van der Waals surface area contributed by atoms with Crippen LogP contribution in [0.15, 0.2) is 16.7 Å². The third-order valence-electron chi connectivity index (χ3n) is 2.63. The third-order valence-corrected chi connectivity index (χ3v) is 2.63. The Morgan fingerprint density at radius 2 is 2.00 bits per heavy atom. The van der Waals surface area contributed by atoms with E-state index >= 15 is 0 Å². The normalized spacial score (nSPS) is 14.1. The van der Waals surface area contributed by atoms with Crippen LogP contribution in [-0.4, -0.2) is 18.8 Å². The minimum atomic E-state index is -4.34. The SMILES string of the molecule is CC(C)CNCc1ccoc1COC(C)C(F)(F)F. The molecular weight excluding hydrogens is 259 g/mol. The Kier molecular flexibility index (Phi) is 5.87. The Balaban J connectivity index is 2.44. The summed E-state index contributed by atoms with van der Waals surface area (Å²) in [5, 5.41) is 3.21. The van der Waals surface area contributed by atoms with Gasteiger partial charge in [-0.05, 0) is 25.5 Å². The zero-order chi connectivity index (χ0) is 14.5. The van der Waals surface area contributed by atoms with Crippen LogP contribution in [0.25, 0.3) is 0 Å². The van der Waals surface area contributed by atoms with E-state index in [0.29, 0.717) is 18.2 Å². The molecule has 0 amide bonds. The summed E-state index contributed by atoms with van der Waals surface area (Å²) in [6, 6.07) is 1.74. The Bertz CT molecular complexity index is 374. The van der Waals surface area contributed by atoms with Crippen LogP contribution in [0.4, 0.5) is 13.2 Å². The van der Waals surface area contributed by atoms with Gasteiger partial charge in [0.15, 0.2) is 6.10 Å². The average Bonchev–Trinajstić information content (AvgIpc) is 2.71. The van der Waals surface area contributed by atoms with Gasteiger partial charge in [-0.1, -0.05) is 13.8 Å². The molecule has 0 aromatic carbocycles. The minimum absolute atomic E-state index is 0.174. The summed E-state index contributed by atoms with van der Waals surface area (Å²) < 4.78 is 46.8. The number of halogens is 3. The monoisotopic (exact) mass is 279 g/mol. The summed E-state index contributed by atoms with van der Waals surface area (Å²) >= 11 is 0. The Hall–Kier alpha value is -1.01. The van der Waals surface area contributed by atoms with Crippen molar-refractivity contribution in [2.75, 3.05) is 6.54 Å². The lowest BCUT2D eigenvalue weighted by Gasteiger charge is -2.16. The standard InChI is InChI=1S/C13H20F3NO2/c1-9(2)6-17-7-11-4-5-18-12(11)8-19-10(3)13(14,15)16/h4-5,9-10,17H,6-8H2,1-3H3. The van der Waals surface area contributed by atoms with Gasteiger partial charge in [0, 0.05) is 12.1 Å². The second kappa shape index (κ2) is 6.96. The topological polar surface area (TPSA) is 34.4 Å². The molecule has 0 aliphatic heterocycles. The van der Waals surface area contributed by atoms with Crippen LogP contribution in [0.2, 0.25) is 0 Å². The summed E-state index contributed by atoms with van der Waals surface area (Å²) in [5.74, 6) is 0.948. The van der Waals surface area contributed by atoms with Gasteiger partial charge in [0.05, 0.1) is 6.26 Å². The second-order valence-corrected chi connectivity index (χ2v) is 4.89. The highest BCUT2D eigenvalue weighted by Gasteiger charge is 2.37. The molecule has 3 nitrogen and oxygen atoms in total. The molecule has 1 N–H and O–H groups in total. The van der Waals surface area contributed by atoms with Crippen LogP contribution >= 0.6 is 0 Å². The molecule has 0 radical (unpaired) electrons. The van der Waals surface area contributed by atoms with Crippen LogP contribution in [0.5, 0.6) is 0 Å². The zero-order valence-corrected chi connectivity index (χ0v) is 11.4. The van der Waals surface area contributed by atoms with E-state index in [2.05, 4.69) is 19.2 Å². The van der Waals surface area contributed by atoms with Crippen molar-refractivity contribution in [1.29, 1.82) is 0 Å². The molecule has 1 atom stereocenters. The number of hydrogen-bond donors (Lipinski definition) is 1. The predicted octanol–water partition coefficient (Wildman–Crippen LogP) is 3.49. The van der Waals surface area contributed by atoms with Crippen LogP contribution in [0.3, 0.4) is 0 Å². The van der Waals surface area contributed by atoms with E-state index < -0.39 is 12.3 Å². The van der Waals surface area contributed by atoms with E-state index in [-0.39, 0.29) is 6.61 Å². The quantitative estimate of drug-likeness (QED) is 0.829. The lowest BCUT2D eigenvalue weighted by Crippen LogP contribution is -2.28. The van der Waals surface area contributed by atoms with E-state index in [0.717, 1.165) is 19.0 Å². The van der Waals surface area contributed by atoms with Crippen LogP contribution in [0.1, 0.15) is 32.1 Å². The fourth-order valence-corrected chi connectivity index (χ4v) is 1.44. The van der Waals surface area contributed by atoms with Gasteiger partial charge in [0.25, 0.3) is 0 Å². The Morgan fingerprint density at radius 1 is 1.32 bits per heavy atom. The van der Waals surface area contributed by atoms with Gasteiger partial charge in [0.1, 0.15) is 12.4 Å². The molecule has 1 heterocycles. The van der Waals surface area contributed by atoms with Gasteiger partial charge in [-0.15, -0.1) is 0 Å². The summed E-state index contributed by atoms with van der Waals surface area (Å²) in [7, 11) is 0. The number of hydrogen-bond acceptors (Lipinski definition) is 3. The molecule has 6 heteroatoms. The first kappa shape index (κ1) is 16.0. The van der Waals surface area contributed by atoms with Crippen molar-refractivity contribution >= 4 is 0 Å². The maximum absolute atomic E-state index is 12.3. The lowest BCUT2D eigenvalue weighted by atomic mass is 10.2. The lowest BCUT2D eigenvalue weighted by molar-refractivity contribution is -0.218. The zero-order valence-electron chi connectivity index (χ0n) is 11.4. The van der Waals surface area contributed by atoms with Crippen molar-refractivity contribution in [3.8, 4) is 0 Å². The minimum Gasteiger partial charge on any atom is -0.467 e. The van der Waals surface area contributed by atoms with Crippen molar-refractivity contribution in [2.45, 2.75) is 46.2 Å². The molecule has 19 heavy (non-hydrogen) atoms. The number of alkyl halides is 3. The van der Waals surface area contributed by atoms with E-state index in [1.54, 1.807) is 6.07 Å². The molecule has 0 spiro atoms. The molecule has 0 aliphatic carbocycles. The van der Waals surface area contributed by atoms with Gasteiger partial charge in [-0.25, -0.2) is 0 Å². The summed E-state index contributed by atoms with van der Waals surface area (Å²) in [5.41, 5.74) is 0.829. The van der Waals surface area contributed by atoms with Crippen LogP contribution in [-0.2, 0) is 17.9 Å². The maximum Gasteiger partial charge on any atom is 0.414 e. The molecule has 0 saturated carbocycles. The maximum atomic E-state index is 12.3. The molecule has 0 bridgehead atoms. The van der Waals surface area contributed by atoms with Crippen LogP contribution in [0, 0.1) is 5.92 Å². The van der Waals surface area contributed by atoms with Gasteiger partial charge >= 0.3 is 6.18 Å². The largest absolute Gasteiger partial charge is 0.467 e.